The van der Waals surface area contributed by atoms with Crippen molar-refractivity contribution >= 4 is 17.6 Å². The molecule has 2 fully saturated rings. The van der Waals surface area contributed by atoms with Crippen LogP contribution in [0.2, 0.25) is 0 Å². The third-order valence-electron chi connectivity index (χ3n) is 5.12. The third-order valence-corrected chi connectivity index (χ3v) is 5.12. The number of amides is 1. The van der Waals surface area contributed by atoms with Crippen molar-refractivity contribution in [2.45, 2.75) is 24.2 Å². The summed E-state index contributed by atoms with van der Waals surface area (Å²) in [6.45, 7) is 3.78. The van der Waals surface area contributed by atoms with Gasteiger partial charge in [-0.15, -0.1) is 6.58 Å². The number of fused-ring (bicyclic) bond motifs is 1. The average Bonchev–Trinajstić information content (AvgIpc) is 3.18. The maximum absolute atomic E-state index is 13.1. The van der Waals surface area contributed by atoms with E-state index in [1.54, 1.807) is 17.1 Å². The zero-order valence-corrected chi connectivity index (χ0v) is 12.4. The Hall–Kier alpha value is -2.40. The molecule has 1 aromatic carbocycles. The molecule has 4 rings (SSSR count). The summed E-state index contributed by atoms with van der Waals surface area (Å²) >= 11 is 0. The maximum Gasteiger partial charge on any atom is 0.234 e. The molecule has 3 aliphatic rings. The van der Waals surface area contributed by atoms with Crippen LogP contribution < -0.4 is 10.0 Å². The van der Waals surface area contributed by atoms with Crippen molar-refractivity contribution in [1.82, 2.24) is 0 Å². The van der Waals surface area contributed by atoms with Crippen LogP contribution in [0.1, 0.15) is 6.42 Å². The van der Waals surface area contributed by atoms with E-state index in [4.69, 9.17) is 4.74 Å². The number of aliphatic carboxylic acids is 1. The number of ether oxygens (including phenoxy) is 1. The fraction of sp³-hybridized carbons (Fsp3) is 0.333. The average molecular weight is 310 g/mol. The van der Waals surface area contributed by atoms with E-state index >= 15 is 0 Å². The maximum atomic E-state index is 13.1. The Morgan fingerprint density at radius 1 is 1.39 bits per heavy atom. The first kappa shape index (κ1) is 14.2. The molecular formula is C18H16NO4-. The minimum Gasteiger partial charge on any atom is -0.550 e. The number of benzene rings is 1. The van der Waals surface area contributed by atoms with Gasteiger partial charge in [0.1, 0.15) is 5.60 Å². The number of nitrogens with zero attached hydrogens (tertiary/aromatic N) is 1. The Morgan fingerprint density at radius 2 is 2.13 bits per heavy atom. The first-order chi connectivity index (χ1) is 11.1. The Morgan fingerprint density at radius 3 is 2.78 bits per heavy atom. The highest BCUT2D eigenvalue weighted by Gasteiger charge is 2.69. The van der Waals surface area contributed by atoms with Crippen molar-refractivity contribution in [2.24, 2.45) is 11.8 Å². The summed E-state index contributed by atoms with van der Waals surface area (Å²) in [5, 5.41) is 11.6. The molecule has 2 saturated heterocycles. The van der Waals surface area contributed by atoms with Crippen LogP contribution in [-0.4, -0.2) is 29.6 Å². The summed E-state index contributed by atoms with van der Waals surface area (Å²) in [5.41, 5.74) is -0.165. The largest absolute Gasteiger partial charge is 0.550 e. The summed E-state index contributed by atoms with van der Waals surface area (Å²) < 4.78 is 6.00. The number of rotatable bonds is 4. The highest BCUT2D eigenvalue weighted by molar-refractivity contribution is 6.03. The fourth-order valence-electron chi connectivity index (χ4n) is 4.26. The molecule has 0 aromatic heterocycles. The standard InChI is InChI=1S/C18H17NO4/c1-2-6-13-18-10-9-12(23-18)14(17(21)22)15(18)16(20)19(13)11-7-4-3-5-8-11/h2-5,7-10,12-15H,1,6H2,(H,21,22)/p-1/t12-,13+,14+,15-,18+/m0/s1. The molecule has 1 aromatic rings. The van der Waals surface area contributed by atoms with Gasteiger partial charge in [0.25, 0.3) is 0 Å². The molecule has 0 unspecified atom stereocenters. The van der Waals surface area contributed by atoms with E-state index in [-0.39, 0.29) is 11.9 Å². The predicted octanol–water partition coefficient (Wildman–Crippen LogP) is 0.668. The molecule has 0 radical (unpaired) electrons. The van der Waals surface area contributed by atoms with Crippen molar-refractivity contribution in [3.05, 3.63) is 55.1 Å². The van der Waals surface area contributed by atoms with Crippen molar-refractivity contribution in [2.75, 3.05) is 4.90 Å². The summed E-state index contributed by atoms with van der Waals surface area (Å²) in [6, 6.07) is 8.96. The van der Waals surface area contributed by atoms with E-state index in [2.05, 4.69) is 6.58 Å². The Kier molecular flexibility index (Phi) is 2.96. The lowest BCUT2D eigenvalue weighted by Crippen LogP contribution is -2.46. The zero-order valence-electron chi connectivity index (χ0n) is 12.4. The zero-order chi connectivity index (χ0) is 16.2. The van der Waals surface area contributed by atoms with Gasteiger partial charge in [0.2, 0.25) is 5.91 Å². The third kappa shape index (κ3) is 1.71. The summed E-state index contributed by atoms with van der Waals surface area (Å²) in [6.07, 6.45) is 5.28. The van der Waals surface area contributed by atoms with E-state index in [0.29, 0.717) is 6.42 Å². The van der Waals surface area contributed by atoms with Crippen LogP contribution in [0.15, 0.2) is 55.1 Å². The number of carboxylic acids is 1. The molecule has 118 valence electrons. The molecule has 23 heavy (non-hydrogen) atoms. The SMILES string of the molecule is C=CC[C@H]1N(c2ccccc2)C(=O)[C@@H]2[C@H](C(=O)[O-])[C@@H]3C=C[C@]21O3. The minimum atomic E-state index is -1.23. The molecule has 0 N–H and O–H groups in total. The van der Waals surface area contributed by atoms with E-state index in [9.17, 15) is 14.7 Å². The lowest BCUT2D eigenvalue weighted by atomic mass is 9.74. The van der Waals surface area contributed by atoms with Crippen molar-refractivity contribution in [3.8, 4) is 0 Å². The number of hydrogen-bond donors (Lipinski definition) is 0. The minimum absolute atomic E-state index is 0.218. The number of para-hydroxylation sites is 1. The van der Waals surface area contributed by atoms with Gasteiger partial charge in [-0.1, -0.05) is 36.4 Å². The summed E-state index contributed by atoms with van der Waals surface area (Å²) in [4.78, 5) is 26.3. The van der Waals surface area contributed by atoms with Crippen LogP contribution in [-0.2, 0) is 14.3 Å². The number of carbonyl (C=O) groups excluding carboxylic acids is 2. The Balaban J connectivity index is 1.85. The van der Waals surface area contributed by atoms with Gasteiger partial charge in [-0.25, -0.2) is 0 Å². The second kappa shape index (κ2) is 4.80. The van der Waals surface area contributed by atoms with E-state index in [1.807, 2.05) is 36.4 Å². The van der Waals surface area contributed by atoms with Crippen molar-refractivity contribution < 1.29 is 19.4 Å². The van der Waals surface area contributed by atoms with Gasteiger partial charge in [0.15, 0.2) is 0 Å². The quantitative estimate of drug-likeness (QED) is 0.766. The predicted molar refractivity (Wildman–Crippen MR) is 81.3 cm³/mol. The highest BCUT2D eigenvalue weighted by Crippen LogP contribution is 2.56. The first-order valence-corrected chi connectivity index (χ1v) is 7.67. The molecule has 5 heteroatoms. The number of anilines is 1. The number of hydrogen-bond acceptors (Lipinski definition) is 4. The first-order valence-electron chi connectivity index (χ1n) is 7.67. The summed E-state index contributed by atoms with van der Waals surface area (Å²) in [7, 11) is 0. The van der Waals surface area contributed by atoms with Gasteiger partial charge < -0.3 is 19.5 Å². The molecule has 2 bridgehead atoms. The van der Waals surface area contributed by atoms with Crippen LogP contribution >= 0.6 is 0 Å². The topological polar surface area (TPSA) is 69.7 Å². The molecule has 1 spiro atoms. The molecule has 0 aliphatic carbocycles. The Bertz CT molecular complexity index is 713. The van der Waals surface area contributed by atoms with Gasteiger partial charge >= 0.3 is 0 Å². The van der Waals surface area contributed by atoms with Gasteiger partial charge in [-0.3, -0.25) is 4.79 Å². The normalized spacial score (nSPS) is 37.2. The van der Waals surface area contributed by atoms with E-state index in [0.717, 1.165) is 5.69 Å². The van der Waals surface area contributed by atoms with Crippen LogP contribution in [0.25, 0.3) is 0 Å². The number of carbonyl (C=O) groups is 2. The smallest absolute Gasteiger partial charge is 0.234 e. The fourth-order valence-corrected chi connectivity index (χ4v) is 4.26. The Labute approximate surface area is 133 Å². The van der Waals surface area contributed by atoms with Crippen LogP contribution in [0.3, 0.4) is 0 Å². The monoisotopic (exact) mass is 310 g/mol. The molecule has 3 heterocycles. The number of carboxylic acid groups (broad SMARTS) is 1. The molecule has 3 aliphatic heterocycles. The second-order valence-corrected chi connectivity index (χ2v) is 6.20. The molecule has 1 amide bonds. The molecule has 5 atom stereocenters. The lowest BCUT2D eigenvalue weighted by Gasteiger charge is -2.32. The van der Waals surface area contributed by atoms with Gasteiger partial charge in [-0.2, -0.15) is 0 Å². The molecular weight excluding hydrogens is 294 g/mol. The van der Waals surface area contributed by atoms with Gasteiger partial charge in [0.05, 0.1) is 18.1 Å². The molecule has 5 nitrogen and oxygen atoms in total. The van der Waals surface area contributed by atoms with Crippen LogP contribution in [0, 0.1) is 11.8 Å². The highest BCUT2D eigenvalue weighted by atomic mass is 16.5. The van der Waals surface area contributed by atoms with Crippen molar-refractivity contribution in [1.29, 1.82) is 0 Å². The second-order valence-electron chi connectivity index (χ2n) is 6.20. The van der Waals surface area contributed by atoms with Gasteiger partial charge in [0, 0.05) is 17.6 Å². The summed E-state index contributed by atoms with van der Waals surface area (Å²) in [5.74, 6) is -3.13. The van der Waals surface area contributed by atoms with Gasteiger partial charge in [-0.05, 0) is 18.6 Å². The van der Waals surface area contributed by atoms with Crippen LogP contribution in [0.4, 0.5) is 5.69 Å². The van der Waals surface area contributed by atoms with Crippen LogP contribution in [0.5, 0.6) is 0 Å². The molecule has 0 saturated carbocycles. The van der Waals surface area contributed by atoms with Crippen molar-refractivity contribution in [3.63, 3.8) is 0 Å². The van der Waals surface area contributed by atoms with E-state index < -0.39 is 29.5 Å². The lowest BCUT2D eigenvalue weighted by molar-refractivity contribution is -0.313. The van der Waals surface area contributed by atoms with E-state index in [1.165, 1.54) is 0 Å².